The Bertz CT molecular complexity index is 133. The van der Waals surface area contributed by atoms with E-state index >= 15 is 0 Å². The summed E-state index contributed by atoms with van der Waals surface area (Å²) < 4.78 is 5.13. The average molecular weight is 211 g/mol. The second-order valence-corrected chi connectivity index (χ2v) is 10.7. The van der Waals surface area contributed by atoms with E-state index in [9.17, 15) is 0 Å². The van der Waals surface area contributed by atoms with E-state index in [1.807, 2.05) is 0 Å². The lowest BCUT2D eigenvalue weighted by atomic mass is 10.5. The van der Waals surface area contributed by atoms with Gasteiger partial charge in [0.1, 0.15) is 0 Å². The first-order valence-corrected chi connectivity index (χ1v) is 8.37. The molecule has 0 aromatic rings. The van der Waals surface area contributed by atoms with Crippen molar-refractivity contribution in [2.45, 2.75) is 32.5 Å². The molecule has 0 bridgehead atoms. The fourth-order valence-electron chi connectivity index (χ4n) is 0.708. The Labute approximate surface area is 79.8 Å². The second-order valence-electron chi connectivity index (χ2n) is 3.16. The Morgan fingerprint density at radius 3 is 2.45 bits per heavy atom. The summed E-state index contributed by atoms with van der Waals surface area (Å²) in [6, 6.07) is 1.09. The van der Waals surface area contributed by atoms with Gasteiger partial charge in [0.05, 0.1) is 6.61 Å². The van der Waals surface area contributed by atoms with E-state index in [2.05, 4.69) is 13.1 Å². The lowest BCUT2D eigenvalue weighted by Crippen LogP contribution is -2.16. The van der Waals surface area contributed by atoms with Gasteiger partial charge in [0.2, 0.25) is 0 Å². The van der Waals surface area contributed by atoms with Crippen molar-refractivity contribution in [3.05, 3.63) is 0 Å². The summed E-state index contributed by atoms with van der Waals surface area (Å²) in [7, 11) is -1.38. The molecule has 0 unspecified atom stereocenters. The lowest BCUT2D eigenvalue weighted by Gasteiger charge is -2.11. The third kappa shape index (κ3) is 10.4. The van der Waals surface area contributed by atoms with Crippen molar-refractivity contribution >= 4 is 35.7 Å². The lowest BCUT2D eigenvalue weighted by molar-refractivity contribution is 0.310. The van der Waals surface area contributed by atoms with Gasteiger partial charge in [0, 0.05) is 6.92 Å². The van der Waals surface area contributed by atoms with Crippen LogP contribution in [0.2, 0.25) is 19.1 Å². The molecule has 1 nitrogen and oxygen atoms in total. The average Bonchev–Trinajstić information content (AvgIpc) is 1.78. The molecule has 0 amide bonds. The molecule has 0 fully saturated rings. The molecule has 4 heteroatoms. The molecule has 0 aliphatic heterocycles. The number of hydrogen-bond donors (Lipinski definition) is 0. The summed E-state index contributed by atoms with van der Waals surface area (Å²) in [4.78, 5) is 0. The van der Waals surface area contributed by atoms with E-state index < -0.39 is 7.38 Å². The van der Waals surface area contributed by atoms with Crippen molar-refractivity contribution in [2.24, 2.45) is 0 Å². The fraction of sp³-hybridized carbons (Fsp3) is 0.857. The molecule has 66 valence electrons. The summed E-state index contributed by atoms with van der Waals surface area (Å²) in [5, 5.41) is 0.624. The summed E-state index contributed by atoms with van der Waals surface area (Å²) in [5.41, 5.74) is 0. The molecule has 0 aliphatic carbocycles. The normalized spacial score (nSPS) is 11.3. The van der Waals surface area contributed by atoms with Gasteiger partial charge in [0.15, 0.2) is 12.4 Å². The largest absolute Gasteiger partial charge is 0.487 e. The molecule has 0 radical (unpaired) electrons. The number of rotatable bonds is 4. The van der Waals surface area contributed by atoms with E-state index in [0.717, 1.165) is 19.1 Å². The summed E-state index contributed by atoms with van der Waals surface area (Å²) in [5.74, 6) is 0. The van der Waals surface area contributed by atoms with Crippen molar-refractivity contribution < 1.29 is 4.74 Å². The van der Waals surface area contributed by atoms with Crippen molar-refractivity contribution in [1.82, 2.24) is 0 Å². The minimum Gasteiger partial charge on any atom is -0.487 e. The van der Waals surface area contributed by atoms with Gasteiger partial charge in [-0.2, -0.15) is 11.1 Å². The monoisotopic (exact) mass is 210 g/mol. The third-order valence-corrected chi connectivity index (χ3v) is 3.45. The molecule has 0 saturated carbocycles. The van der Waals surface area contributed by atoms with Gasteiger partial charge in [0.25, 0.3) is 0 Å². The van der Waals surface area contributed by atoms with Gasteiger partial charge in [-0.1, -0.05) is 13.1 Å². The van der Waals surface area contributed by atoms with E-state index in [1.165, 1.54) is 0 Å². The highest BCUT2D eigenvalue weighted by molar-refractivity contribution is 7.80. The molecular formula is C7H15ClOSSi. The Morgan fingerprint density at radius 2 is 2.09 bits per heavy atom. The number of ether oxygens (including phenoxy) is 1. The Kier molecular flexibility index (Phi) is 5.30. The molecule has 0 rings (SSSR count). The predicted molar refractivity (Wildman–Crippen MR) is 57.0 cm³/mol. The maximum Gasteiger partial charge on any atom is 0.156 e. The summed E-state index contributed by atoms with van der Waals surface area (Å²) in [6.45, 7) is 6.79. The van der Waals surface area contributed by atoms with Crippen LogP contribution < -0.4 is 0 Å². The predicted octanol–water partition coefficient (Wildman–Crippen LogP) is 3.18. The number of thiocarbonyl (C=S) groups is 1. The smallest absolute Gasteiger partial charge is 0.156 e. The topological polar surface area (TPSA) is 9.23 Å². The van der Waals surface area contributed by atoms with Crippen molar-refractivity contribution in [3.8, 4) is 0 Å². The zero-order valence-corrected chi connectivity index (χ0v) is 9.89. The van der Waals surface area contributed by atoms with Crippen molar-refractivity contribution in [3.63, 3.8) is 0 Å². The fourth-order valence-corrected chi connectivity index (χ4v) is 2.18. The van der Waals surface area contributed by atoms with E-state index in [1.54, 1.807) is 6.92 Å². The van der Waals surface area contributed by atoms with Gasteiger partial charge in [-0.3, -0.25) is 0 Å². The SMILES string of the molecule is CC(=S)OCCC[Si](C)(C)Cl. The van der Waals surface area contributed by atoms with Gasteiger partial charge < -0.3 is 4.74 Å². The van der Waals surface area contributed by atoms with Crippen molar-refractivity contribution in [2.75, 3.05) is 6.61 Å². The minimum absolute atomic E-state index is 0.624. The number of halogens is 1. The zero-order valence-electron chi connectivity index (χ0n) is 7.32. The van der Waals surface area contributed by atoms with Gasteiger partial charge >= 0.3 is 0 Å². The minimum atomic E-state index is -1.38. The van der Waals surface area contributed by atoms with Crippen LogP contribution in [0.25, 0.3) is 0 Å². The Balaban J connectivity index is 3.22. The molecule has 0 spiro atoms. The second kappa shape index (κ2) is 5.12. The van der Waals surface area contributed by atoms with Crippen LogP contribution in [0.5, 0.6) is 0 Å². The molecule has 0 aromatic heterocycles. The highest BCUT2D eigenvalue weighted by atomic mass is 35.6. The van der Waals surface area contributed by atoms with Crippen LogP contribution in [0, 0.1) is 0 Å². The van der Waals surface area contributed by atoms with E-state index in [0.29, 0.717) is 5.05 Å². The molecule has 0 saturated heterocycles. The number of hydrogen-bond acceptors (Lipinski definition) is 2. The Hall–Kier alpha value is 0.397. The molecule has 0 aromatic carbocycles. The highest BCUT2D eigenvalue weighted by Gasteiger charge is 2.15. The van der Waals surface area contributed by atoms with Crippen LogP contribution in [0.15, 0.2) is 0 Å². The molecule has 11 heavy (non-hydrogen) atoms. The summed E-state index contributed by atoms with van der Waals surface area (Å²) >= 11 is 10.9. The molecule has 0 heterocycles. The first kappa shape index (κ1) is 11.4. The van der Waals surface area contributed by atoms with Gasteiger partial charge in [-0.05, 0) is 24.7 Å². The molecule has 0 atom stereocenters. The first-order chi connectivity index (χ1) is 4.92. The first-order valence-electron chi connectivity index (χ1n) is 3.74. The molecular weight excluding hydrogens is 196 g/mol. The quantitative estimate of drug-likeness (QED) is 0.305. The van der Waals surface area contributed by atoms with E-state index in [4.69, 9.17) is 28.0 Å². The van der Waals surface area contributed by atoms with E-state index in [-0.39, 0.29) is 0 Å². The van der Waals surface area contributed by atoms with Crippen LogP contribution in [0.4, 0.5) is 0 Å². The van der Waals surface area contributed by atoms with Crippen LogP contribution in [0.3, 0.4) is 0 Å². The van der Waals surface area contributed by atoms with Crippen LogP contribution in [-0.4, -0.2) is 19.0 Å². The zero-order chi connectivity index (χ0) is 8.91. The maximum absolute atomic E-state index is 6.10. The van der Waals surface area contributed by atoms with Crippen molar-refractivity contribution in [1.29, 1.82) is 0 Å². The Morgan fingerprint density at radius 1 is 1.55 bits per heavy atom. The highest BCUT2D eigenvalue weighted by Crippen LogP contribution is 2.15. The molecule has 0 N–H and O–H groups in total. The molecule has 0 aliphatic rings. The van der Waals surface area contributed by atoms with Crippen LogP contribution in [0.1, 0.15) is 13.3 Å². The summed E-state index contributed by atoms with van der Waals surface area (Å²) in [6.07, 6.45) is 1.02. The van der Waals surface area contributed by atoms with Crippen LogP contribution in [-0.2, 0) is 4.74 Å². The standard InChI is InChI=1S/C7H15ClOSSi/c1-7(10)9-5-4-6-11(2,3)8/h4-6H2,1-3H3. The maximum atomic E-state index is 6.10. The van der Waals surface area contributed by atoms with Crippen LogP contribution >= 0.6 is 23.3 Å². The van der Waals surface area contributed by atoms with Gasteiger partial charge in [-0.15, -0.1) is 0 Å². The van der Waals surface area contributed by atoms with Gasteiger partial charge in [-0.25, -0.2) is 0 Å². The third-order valence-electron chi connectivity index (χ3n) is 1.22.